The Bertz CT molecular complexity index is 403. The number of hydrogen-bond acceptors (Lipinski definition) is 3. The first-order valence-electron chi connectivity index (χ1n) is 4.30. The summed E-state index contributed by atoms with van der Waals surface area (Å²) < 4.78 is 1.70. The molecule has 0 amide bonds. The summed E-state index contributed by atoms with van der Waals surface area (Å²) in [7, 11) is 0. The molecule has 0 aliphatic rings. The third-order valence-corrected chi connectivity index (χ3v) is 2.54. The first-order valence-corrected chi connectivity index (χ1v) is 5.24. The largest absolute Gasteiger partial charge is 0.380 e. The minimum absolute atomic E-state index is 0.796. The molecule has 14 heavy (non-hydrogen) atoms. The number of nitrogens with one attached hydrogen (secondary N) is 1. The molecule has 2 aromatic heterocycles. The van der Waals surface area contributed by atoms with Crippen LogP contribution in [0.1, 0.15) is 5.56 Å². The van der Waals surface area contributed by atoms with Crippen LogP contribution < -0.4 is 5.32 Å². The van der Waals surface area contributed by atoms with E-state index in [0.29, 0.717) is 0 Å². The van der Waals surface area contributed by atoms with Gasteiger partial charge in [-0.25, -0.2) is 4.68 Å². The van der Waals surface area contributed by atoms with Gasteiger partial charge < -0.3 is 5.32 Å². The molecule has 0 radical (unpaired) electrons. The zero-order chi connectivity index (χ0) is 9.80. The molecule has 3 nitrogen and oxygen atoms in total. The third kappa shape index (κ3) is 2.03. The van der Waals surface area contributed by atoms with Gasteiger partial charge in [0.05, 0.1) is 6.20 Å². The second-order valence-corrected chi connectivity index (χ2v) is 3.66. The van der Waals surface area contributed by atoms with E-state index < -0.39 is 0 Å². The fraction of sp³-hybridized carbons (Fsp3) is 0.100. The van der Waals surface area contributed by atoms with Crippen LogP contribution in [0.2, 0.25) is 0 Å². The smallest absolute Gasteiger partial charge is 0.0543 e. The lowest BCUT2D eigenvalue weighted by Gasteiger charge is -1.99. The van der Waals surface area contributed by atoms with Crippen molar-refractivity contribution in [3.8, 4) is 0 Å². The molecule has 0 aliphatic heterocycles. The van der Waals surface area contributed by atoms with Gasteiger partial charge in [-0.3, -0.25) is 0 Å². The fourth-order valence-corrected chi connectivity index (χ4v) is 1.75. The van der Waals surface area contributed by atoms with Crippen molar-refractivity contribution in [1.82, 2.24) is 9.78 Å². The molecule has 0 fully saturated rings. The second-order valence-electron chi connectivity index (χ2n) is 2.88. The molecule has 2 heterocycles. The van der Waals surface area contributed by atoms with Crippen molar-refractivity contribution < 1.29 is 0 Å². The van der Waals surface area contributed by atoms with Crippen molar-refractivity contribution in [2.75, 3.05) is 5.32 Å². The van der Waals surface area contributed by atoms with Gasteiger partial charge >= 0.3 is 0 Å². The van der Waals surface area contributed by atoms with Gasteiger partial charge in [-0.15, -0.1) is 0 Å². The summed E-state index contributed by atoms with van der Waals surface area (Å²) >= 11 is 1.68. The molecule has 0 aromatic carbocycles. The Morgan fingerprint density at radius 2 is 2.57 bits per heavy atom. The normalized spacial score (nSPS) is 10.0. The lowest BCUT2D eigenvalue weighted by Crippen LogP contribution is -1.96. The van der Waals surface area contributed by atoms with E-state index in [0.717, 1.165) is 17.8 Å². The van der Waals surface area contributed by atoms with Crippen molar-refractivity contribution in [3.05, 3.63) is 41.4 Å². The third-order valence-electron chi connectivity index (χ3n) is 1.86. The van der Waals surface area contributed by atoms with E-state index >= 15 is 0 Å². The number of thiophene rings is 1. The van der Waals surface area contributed by atoms with Gasteiger partial charge in [0.15, 0.2) is 0 Å². The second kappa shape index (κ2) is 4.11. The van der Waals surface area contributed by atoms with Crippen LogP contribution in [-0.4, -0.2) is 9.78 Å². The molecule has 0 saturated carbocycles. The van der Waals surface area contributed by atoms with Gasteiger partial charge in [-0.1, -0.05) is 6.58 Å². The number of aromatic nitrogens is 2. The molecular weight excluding hydrogens is 194 g/mol. The van der Waals surface area contributed by atoms with E-state index in [9.17, 15) is 0 Å². The van der Waals surface area contributed by atoms with Crippen LogP contribution >= 0.6 is 11.3 Å². The monoisotopic (exact) mass is 205 g/mol. The summed E-state index contributed by atoms with van der Waals surface area (Å²) in [6, 6.07) is 2.06. The molecule has 4 heteroatoms. The van der Waals surface area contributed by atoms with Crippen molar-refractivity contribution in [2.24, 2.45) is 0 Å². The zero-order valence-corrected chi connectivity index (χ0v) is 8.50. The van der Waals surface area contributed by atoms with Gasteiger partial charge in [0, 0.05) is 35.6 Å². The summed E-state index contributed by atoms with van der Waals surface area (Å²) in [4.78, 5) is 0. The Hall–Kier alpha value is -1.55. The van der Waals surface area contributed by atoms with Gasteiger partial charge in [-0.2, -0.15) is 16.4 Å². The SMILES string of the molecule is C=Cn1cc(CNc2ccsc2)cn1. The maximum Gasteiger partial charge on any atom is 0.0543 e. The molecule has 0 bridgehead atoms. The average Bonchev–Trinajstić information content (AvgIpc) is 2.86. The average molecular weight is 205 g/mol. The lowest BCUT2D eigenvalue weighted by molar-refractivity contribution is 0.936. The molecule has 0 atom stereocenters. The molecule has 0 spiro atoms. The quantitative estimate of drug-likeness (QED) is 0.831. The van der Waals surface area contributed by atoms with Crippen molar-refractivity contribution >= 4 is 23.2 Å². The summed E-state index contributed by atoms with van der Waals surface area (Å²) in [5.41, 5.74) is 2.30. The van der Waals surface area contributed by atoms with Crippen molar-refractivity contribution in [1.29, 1.82) is 0 Å². The summed E-state index contributed by atoms with van der Waals surface area (Å²) in [6.07, 6.45) is 5.46. The highest BCUT2D eigenvalue weighted by Gasteiger charge is 1.96. The highest BCUT2D eigenvalue weighted by molar-refractivity contribution is 7.08. The van der Waals surface area contributed by atoms with Gasteiger partial charge in [0.1, 0.15) is 0 Å². The Kier molecular flexibility index (Phi) is 2.65. The highest BCUT2D eigenvalue weighted by Crippen LogP contribution is 2.12. The minimum Gasteiger partial charge on any atom is -0.380 e. The Labute approximate surface area is 86.7 Å². The molecule has 2 rings (SSSR count). The van der Waals surface area contributed by atoms with E-state index in [4.69, 9.17) is 0 Å². The van der Waals surface area contributed by atoms with Gasteiger partial charge in [0.2, 0.25) is 0 Å². The molecule has 0 aliphatic carbocycles. The van der Waals surface area contributed by atoms with Crippen LogP contribution in [0.4, 0.5) is 5.69 Å². The van der Waals surface area contributed by atoms with Crippen LogP contribution in [0.15, 0.2) is 35.8 Å². The first-order chi connectivity index (χ1) is 6.88. The number of rotatable bonds is 4. The molecular formula is C10H11N3S. The first kappa shape index (κ1) is 9.02. The van der Waals surface area contributed by atoms with E-state index in [1.165, 1.54) is 0 Å². The number of anilines is 1. The van der Waals surface area contributed by atoms with Crippen LogP contribution in [0.25, 0.3) is 6.20 Å². The maximum absolute atomic E-state index is 4.10. The molecule has 2 aromatic rings. The van der Waals surface area contributed by atoms with Crippen LogP contribution in [0.3, 0.4) is 0 Å². The van der Waals surface area contributed by atoms with Gasteiger partial charge in [0.25, 0.3) is 0 Å². The summed E-state index contributed by atoms with van der Waals surface area (Å²) in [5.74, 6) is 0. The number of hydrogen-bond donors (Lipinski definition) is 1. The molecule has 0 saturated heterocycles. The molecule has 0 unspecified atom stereocenters. The van der Waals surface area contributed by atoms with Crippen LogP contribution in [0.5, 0.6) is 0 Å². The highest BCUT2D eigenvalue weighted by atomic mass is 32.1. The van der Waals surface area contributed by atoms with E-state index in [-0.39, 0.29) is 0 Å². The Balaban J connectivity index is 1.95. The van der Waals surface area contributed by atoms with Crippen molar-refractivity contribution in [2.45, 2.75) is 6.54 Å². The Morgan fingerprint density at radius 1 is 1.64 bits per heavy atom. The summed E-state index contributed by atoms with van der Waals surface area (Å²) in [5, 5.41) is 11.5. The predicted octanol–water partition coefficient (Wildman–Crippen LogP) is 2.66. The Morgan fingerprint density at radius 3 is 3.21 bits per heavy atom. The topological polar surface area (TPSA) is 29.9 Å². The lowest BCUT2D eigenvalue weighted by atomic mass is 10.3. The predicted molar refractivity (Wildman–Crippen MR) is 60.3 cm³/mol. The molecule has 1 N–H and O–H groups in total. The molecule has 72 valence electrons. The maximum atomic E-state index is 4.10. The number of nitrogens with zero attached hydrogens (tertiary/aromatic N) is 2. The van der Waals surface area contributed by atoms with E-state index in [2.05, 4.69) is 33.8 Å². The van der Waals surface area contributed by atoms with Gasteiger partial charge in [-0.05, 0) is 11.4 Å². The minimum atomic E-state index is 0.796. The summed E-state index contributed by atoms with van der Waals surface area (Å²) in [6.45, 7) is 4.43. The van der Waals surface area contributed by atoms with E-state index in [1.54, 1.807) is 22.2 Å². The fourth-order valence-electron chi connectivity index (χ4n) is 1.14. The zero-order valence-electron chi connectivity index (χ0n) is 7.68. The van der Waals surface area contributed by atoms with E-state index in [1.807, 2.05) is 12.4 Å². The van der Waals surface area contributed by atoms with Crippen LogP contribution in [-0.2, 0) is 6.54 Å². The standard InChI is InChI=1S/C10H11N3S/c1-2-13-7-9(6-12-13)5-11-10-3-4-14-8-10/h2-4,6-8,11H,1,5H2. The van der Waals surface area contributed by atoms with Crippen molar-refractivity contribution in [3.63, 3.8) is 0 Å². The van der Waals surface area contributed by atoms with Crippen LogP contribution in [0, 0.1) is 0 Å².